The van der Waals surface area contributed by atoms with Crippen LogP contribution in [0.1, 0.15) is 5.56 Å². The molecule has 126 valence electrons. The molecule has 2 rings (SSSR count). The highest BCUT2D eigenvalue weighted by atomic mass is 35.5. The van der Waals surface area contributed by atoms with E-state index in [0.29, 0.717) is 5.69 Å². The van der Waals surface area contributed by atoms with Gasteiger partial charge in [-0.25, -0.2) is 13.6 Å². The number of halogens is 3. The van der Waals surface area contributed by atoms with Gasteiger partial charge in [-0.2, -0.15) is 0 Å². The molecule has 0 aromatic heterocycles. The second-order valence-corrected chi connectivity index (χ2v) is 5.25. The summed E-state index contributed by atoms with van der Waals surface area (Å²) in [4.78, 5) is 23.3. The number of anilines is 1. The van der Waals surface area contributed by atoms with Crippen molar-refractivity contribution >= 4 is 29.2 Å². The summed E-state index contributed by atoms with van der Waals surface area (Å²) >= 11 is 5.60. The fourth-order valence-electron chi connectivity index (χ4n) is 1.79. The minimum Gasteiger partial charge on any atom is -0.334 e. The molecular weight excluding hydrogens is 340 g/mol. The highest BCUT2D eigenvalue weighted by Crippen LogP contribution is 2.19. The van der Waals surface area contributed by atoms with E-state index in [0.717, 1.165) is 11.6 Å². The summed E-state index contributed by atoms with van der Waals surface area (Å²) < 4.78 is 25.8. The van der Waals surface area contributed by atoms with Crippen molar-refractivity contribution in [3.8, 4) is 0 Å². The van der Waals surface area contributed by atoms with Gasteiger partial charge >= 0.3 is 6.03 Å². The highest BCUT2D eigenvalue weighted by Gasteiger charge is 2.07. The molecule has 0 saturated carbocycles. The van der Waals surface area contributed by atoms with Crippen LogP contribution >= 0.6 is 11.6 Å². The third-order valence-corrected chi connectivity index (χ3v) is 3.27. The predicted molar refractivity (Wildman–Crippen MR) is 86.7 cm³/mol. The summed E-state index contributed by atoms with van der Waals surface area (Å²) in [6.07, 6.45) is 0. The number of carbonyl (C=O) groups excluding carboxylic acids is 2. The van der Waals surface area contributed by atoms with Crippen LogP contribution in [0.4, 0.5) is 19.3 Å². The van der Waals surface area contributed by atoms with Gasteiger partial charge in [0, 0.05) is 12.2 Å². The molecular formula is C16H14ClF2N3O2. The van der Waals surface area contributed by atoms with Gasteiger partial charge < -0.3 is 16.0 Å². The summed E-state index contributed by atoms with van der Waals surface area (Å²) in [5.41, 5.74) is 1.04. The Morgan fingerprint density at radius 3 is 2.38 bits per heavy atom. The molecule has 0 heterocycles. The lowest BCUT2D eigenvalue weighted by atomic mass is 10.2. The van der Waals surface area contributed by atoms with Crippen molar-refractivity contribution in [2.45, 2.75) is 6.54 Å². The van der Waals surface area contributed by atoms with E-state index in [1.54, 1.807) is 12.1 Å². The zero-order chi connectivity index (χ0) is 17.5. The van der Waals surface area contributed by atoms with Crippen LogP contribution in [0, 0.1) is 11.6 Å². The smallest absolute Gasteiger partial charge is 0.315 e. The van der Waals surface area contributed by atoms with Gasteiger partial charge in [-0.1, -0.05) is 23.7 Å². The molecule has 0 spiro atoms. The first kappa shape index (κ1) is 17.7. The summed E-state index contributed by atoms with van der Waals surface area (Å²) in [6, 6.07) is 8.86. The van der Waals surface area contributed by atoms with Gasteiger partial charge in [-0.05, 0) is 35.9 Å². The fraction of sp³-hybridized carbons (Fsp3) is 0.125. The number of carbonyl (C=O) groups is 2. The van der Waals surface area contributed by atoms with Crippen LogP contribution in [0.2, 0.25) is 5.02 Å². The Bertz CT molecular complexity index is 739. The lowest BCUT2D eigenvalue weighted by Gasteiger charge is -2.09. The van der Waals surface area contributed by atoms with Crippen LogP contribution in [0.15, 0.2) is 42.5 Å². The van der Waals surface area contributed by atoms with Crippen molar-refractivity contribution in [1.29, 1.82) is 0 Å². The maximum atomic E-state index is 13.0. The Morgan fingerprint density at radius 2 is 1.71 bits per heavy atom. The molecule has 2 aromatic carbocycles. The van der Waals surface area contributed by atoms with E-state index in [1.165, 1.54) is 24.3 Å². The molecule has 0 bridgehead atoms. The predicted octanol–water partition coefficient (Wildman–Crippen LogP) is 3.06. The van der Waals surface area contributed by atoms with Gasteiger partial charge in [0.25, 0.3) is 0 Å². The summed E-state index contributed by atoms with van der Waals surface area (Å²) in [7, 11) is 0. The molecule has 8 heteroatoms. The van der Waals surface area contributed by atoms with Crippen molar-refractivity contribution in [3.05, 3.63) is 64.7 Å². The molecule has 0 fully saturated rings. The van der Waals surface area contributed by atoms with Crippen LogP contribution in [-0.2, 0) is 11.3 Å². The molecule has 0 aliphatic heterocycles. The van der Waals surface area contributed by atoms with E-state index in [9.17, 15) is 18.4 Å². The van der Waals surface area contributed by atoms with Crippen molar-refractivity contribution in [3.63, 3.8) is 0 Å². The molecule has 0 saturated heterocycles. The number of hydrogen-bond donors (Lipinski definition) is 3. The van der Waals surface area contributed by atoms with Gasteiger partial charge in [0.05, 0.1) is 11.6 Å². The van der Waals surface area contributed by atoms with E-state index in [4.69, 9.17) is 11.6 Å². The van der Waals surface area contributed by atoms with Gasteiger partial charge in [0.2, 0.25) is 5.91 Å². The largest absolute Gasteiger partial charge is 0.334 e. The van der Waals surface area contributed by atoms with E-state index < -0.39 is 17.8 Å². The molecule has 0 atom stereocenters. The number of urea groups is 1. The first-order valence-electron chi connectivity index (χ1n) is 6.95. The van der Waals surface area contributed by atoms with Crippen LogP contribution in [0.3, 0.4) is 0 Å². The molecule has 24 heavy (non-hydrogen) atoms. The maximum absolute atomic E-state index is 13.0. The summed E-state index contributed by atoms with van der Waals surface area (Å²) in [6.45, 7) is -0.0778. The Kier molecular flexibility index (Phi) is 6.08. The zero-order valence-corrected chi connectivity index (χ0v) is 13.2. The number of benzene rings is 2. The number of hydrogen-bond acceptors (Lipinski definition) is 2. The SMILES string of the molecule is O=C(CNC(=O)NCc1ccc(F)cc1)Nc1ccc(F)c(Cl)c1. The Morgan fingerprint density at radius 1 is 1.00 bits per heavy atom. The number of rotatable bonds is 5. The Labute approximate surface area is 142 Å². The Hall–Kier alpha value is -2.67. The molecule has 0 aliphatic carbocycles. The highest BCUT2D eigenvalue weighted by molar-refractivity contribution is 6.31. The number of amides is 3. The van der Waals surface area contributed by atoms with E-state index in [2.05, 4.69) is 16.0 Å². The molecule has 0 aliphatic rings. The van der Waals surface area contributed by atoms with Gasteiger partial charge in [0.1, 0.15) is 11.6 Å². The average Bonchev–Trinajstić information content (AvgIpc) is 2.56. The van der Waals surface area contributed by atoms with Crippen LogP contribution in [0.25, 0.3) is 0 Å². The van der Waals surface area contributed by atoms with Crippen molar-refractivity contribution in [2.75, 3.05) is 11.9 Å². The molecule has 0 radical (unpaired) electrons. The van der Waals surface area contributed by atoms with Crippen LogP contribution in [-0.4, -0.2) is 18.5 Å². The molecule has 2 aromatic rings. The molecule has 3 N–H and O–H groups in total. The lowest BCUT2D eigenvalue weighted by molar-refractivity contribution is -0.115. The van der Waals surface area contributed by atoms with E-state index in [-0.39, 0.29) is 23.9 Å². The van der Waals surface area contributed by atoms with Crippen LogP contribution < -0.4 is 16.0 Å². The topological polar surface area (TPSA) is 70.2 Å². The maximum Gasteiger partial charge on any atom is 0.315 e. The third kappa shape index (κ3) is 5.51. The molecule has 3 amide bonds. The normalized spacial score (nSPS) is 10.1. The molecule has 0 unspecified atom stereocenters. The van der Waals surface area contributed by atoms with Gasteiger partial charge in [-0.3, -0.25) is 4.79 Å². The van der Waals surface area contributed by atoms with Crippen molar-refractivity contribution in [2.24, 2.45) is 0 Å². The van der Waals surface area contributed by atoms with Crippen molar-refractivity contribution < 1.29 is 18.4 Å². The van der Waals surface area contributed by atoms with E-state index in [1.807, 2.05) is 0 Å². The Balaban J connectivity index is 1.73. The first-order valence-corrected chi connectivity index (χ1v) is 7.33. The first-order chi connectivity index (χ1) is 11.4. The van der Waals surface area contributed by atoms with Crippen LogP contribution in [0.5, 0.6) is 0 Å². The summed E-state index contributed by atoms with van der Waals surface area (Å²) in [5.74, 6) is -1.44. The summed E-state index contributed by atoms with van der Waals surface area (Å²) in [5, 5.41) is 7.26. The monoisotopic (exact) mass is 353 g/mol. The average molecular weight is 354 g/mol. The molecule has 5 nitrogen and oxygen atoms in total. The van der Waals surface area contributed by atoms with Crippen molar-refractivity contribution in [1.82, 2.24) is 10.6 Å². The minimum atomic E-state index is -0.590. The minimum absolute atomic E-state index is 0.113. The lowest BCUT2D eigenvalue weighted by Crippen LogP contribution is -2.39. The standard InChI is InChI=1S/C16H14ClF2N3O2/c17-13-7-12(5-6-14(13)19)22-15(23)9-21-16(24)20-8-10-1-3-11(18)4-2-10/h1-7H,8-9H2,(H,22,23)(H2,20,21,24). The second kappa shape index (κ2) is 8.26. The van der Waals surface area contributed by atoms with E-state index >= 15 is 0 Å². The number of nitrogens with one attached hydrogen (secondary N) is 3. The van der Waals surface area contributed by atoms with Gasteiger partial charge in [0.15, 0.2) is 0 Å². The fourth-order valence-corrected chi connectivity index (χ4v) is 1.97. The van der Waals surface area contributed by atoms with Gasteiger partial charge in [-0.15, -0.1) is 0 Å². The quantitative estimate of drug-likeness (QED) is 0.773. The third-order valence-electron chi connectivity index (χ3n) is 2.98. The zero-order valence-electron chi connectivity index (χ0n) is 12.4. The second-order valence-electron chi connectivity index (χ2n) is 4.84.